The zero-order valence-electron chi connectivity index (χ0n) is 8.89. The van der Waals surface area contributed by atoms with Crippen molar-refractivity contribution in [3.63, 3.8) is 0 Å². The number of carbonyl (C=O) groups excluding carboxylic acids is 1. The molecular weight excluding hydrogens is 164 g/mol. The van der Waals surface area contributed by atoms with Gasteiger partial charge in [0.25, 0.3) is 0 Å². The van der Waals surface area contributed by atoms with Gasteiger partial charge in [-0.1, -0.05) is 13.5 Å². The summed E-state index contributed by atoms with van der Waals surface area (Å²) >= 11 is 0. The zero-order valence-corrected chi connectivity index (χ0v) is 8.89. The lowest BCUT2D eigenvalue weighted by molar-refractivity contribution is -0.117. The number of amides is 1. The van der Waals surface area contributed by atoms with E-state index in [-0.39, 0.29) is 5.91 Å². The minimum absolute atomic E-state index is 0.0425. The molecule has 1 N–H and O–H groups in total. The third-order valence-electron chi connectivity index (χ3n) is 1.93. The third-order valence-corrected chi connectivity index (χ3v) is 1.93. The first-order chi connectivity index (χ1) is 6.07. The zero-order chi connectivity index (χ0) is 10.3. The van der Waals surface area contributed by atoms with Gasteiger partial charge in [-0.2, -0.15) is 0 Å². The van der Waals surface area contributed by atoms with Gasteiger partial charge in [0.2, 0.25) is 5.91 Å². The minimum Gasteiger partial charge on any atom is -0.352 e. The molecule has 0 fully saturated rings. The van der Waals surface area contributed by atoms with Gasteiger partial charge < -0.3 is 10.2 Å². The van der Waals surface area contributed by atoms with Crippen LogP contribution in [0.5, 0.6) is 0 Å². The van der Waals surface area contributed by atoms with Crippen LogP contribution in [0.4, 0.5) is 0 Å². The molecule has 0 saturated carbocycles. The summed E-state index contributed by atoms with van der Waals surface area (Å²) in [7, 11) is 2.07. The maximum atomic E-state index is 11.0. The molecule has 0 heterocycles. The van der Waals surface area contributed by atoms with E-state index < -0.39 is 0 Å². The van der Waals surface area contributed by atoms with Gasteiger partial charge >= 0.3 is 0 Å². The highest BCUT2D eigenvalue weighted by Crippen LogP contribution is 1.88. The van der Waals surface area contributed by atoms with Crippen molar-refractivity contribution in [3.05, 3.63) is 12.2 Å². The van der Waals surface area contributed by atoms with E-state index in [1.807, 2.05) is 0 Å². The summed E-state index contributed by atoms with van der Waals surface area (Å²) in [4.78, 5) is 13.2. The summed E-state index contributed by atoms with van der Waals surface area (Å²) in [6.07, 6.45) is 0.989. The first-order valence-electron chi connectivity index (χ1n) is 4.70. The normalized spacial score (nSPS) is 10.2. The maximum Gasteiger partial charge on any atom is 0.246 e. The second-order valence-corrected chi connectivity index (χ2v) is 3.29. The van der Waals surface area contributed by atoms with Crippen molar-refractivity contribution < 1.29 is 4.79 Å². The fraction of sp³-hybridized carbons (Fsp3) is 0.700. The average Bonchev–Trinajstić information content (AvgIpc) is 2.11. The molecule has 0 aliphatic carbocycles. The van der Waals surface area contributed by atoms with E-state index in [1.54, 1.807) is 6.92 Å². The van der Waals surface area contributed by atoms with E-state index in [0.717, 1.165) is 26.1 Å². The minimum atomic E-state index is -0.0425. The fourth-order valence-corrected chi connectivity index (χ4v) is 0.860. The molecule has 0 radical (unpaired) electrons. The molecule has 0 aliphatic rings. The van der Waals surface area contributed by atoms with Crippen LogP contribution in [0.25, 0.3) is 0 Å². The first-order valence-corrected chi connectivity index (χ1v) is 4.70. The highest BCUT2D eigenvalue weighted by molar-refractivity contribution is 5.91. The molecule has 76 valence electrons. The molecule has 0 saturated heterocycles. The standard InChI is InChI=1S/C10H20N2O/c1-5-12(4)8-6-7-11-10(13)9(2)3/h2,5-8H2,1,3-4H3,(H,11,13). The average molecular weight is 184 g/mol. The van der Waals surface area contributed by atoms with E-state index in [0.29, 0.717) is 5.57 Å². The van der Waals surface area contributed by atoms with Crippen molar-refractivity contribution in [2.75, 3.05) is 26.7 Å². The highest BCUT2D eigenvalue weighted by Gasteiger charge is 1.99. The Balaban J connectivity index is 3.36. The summed E-state index contributed by atoms with van der Waals surface area (Å²) in [5, 5.41) is 2.80. The van der Waals surface area contributed by atoms with Crippen molar-refractivity contribution in [1.82, 2.24) is 10.2 Å². The summed E-state index contributed by atoms with van der Waals surface area (Å²) in [6.45, 7) is 10.2. The molecule has 0 aromatic carbocycles. The van der Waals surface area contributed by atoms with Gasteiger partial charge in [-0.15, -0.1) is 0 Å². The molecule has 3 nitrogen and oxygen atoms in total. The molecule has 0 rings (SSSR count). The fourth-order valence-electron chi connectivity index (χ4n) is 0.860. The Hall–Kier alpha value is -0.830. The van der Waals surface area contributed by atoms with Gasteiger partial charge in [0.1, 0.15) is 0 Å². The Labute approximate surface area is 80.8 Å². The van der Waals surface area contributed by atoms with Crippen LogP contribution in [-0.2, 0) is 4.79 Å². The quantitative estimate of drug-likeness (QED) is 0.494. The lowest BCUT2D eigenvalue weighted by Crippen LogP contribution is -2.28. The number of rotatable bonds is 6. The second kappa shape index (κ2) is 6.66. The van der Waals surface area contributed by atoms with Gasteiger partial charge in [0, 0.05) is 12.1 Å². The largest absolute Gasteiger partial charge is 0.352 e. The van der Waals surface area contributed by atoms with Gasteiger partial charge in [-0.3, -0.25) is 4.79 Å². The van der Waals surface area contributed by atoms with Gasteiger partial charge in [-0.05, 0) is 33.5 Å². The molecule has 0 aliphatic heterocycles. The van der Waals surface area contributed by atoms with Crippen LogP contribution in [0.15, 0.2) is 12.2 Å². The molecule has 0 unspecified atom stereocenters. The van der Waals surface area contributed by atoms with E-state index >= 15 is 0 Å². The summed E-state index contributed by atoms with van der Waals surface area (Å²) < 4.78 is 0. The number of carbonyl (C=O) groups is 1. The van der Waals surface area contributed by atoms with Crippen molar-refractivity contribution in [3.8, 4) is 0 Å². The Morgan fingerprint density at radius 2 is 2.15 bits per heavy atom. The second-order valence-electron chi connectivity index (χ2n) is 3.29. The molecule has 3 heteroatoms. The van der Waals surface area contributed by atoms with Crippen LogP contribution >= 0.6 is 0 Å². The van der Waals surface area contributed by atoms with E-state index in [1.165, 1.54) is 0 Å². The predicted molar refractivity (Wildman–Crippen MR) is 55.6 cm³/mol. The monoisotopic (exact) mass is 184 g/mol. The van der Waals surface area contributed by atoms with Crippen molar-refractivity contribution in [2.45, 2.75) is 20.3 Å². The lowest BCUT2D eigenvalue weighted by atomic mass is 10.3. The number of hydrogen-bond donors (Lipinski definition) is 1. The third kappa shape index (κ3) is 6.34. The van der Waals surface area contributed by atoms with Gasteiger partial charge in [0.05, 0.1) is 0 Å². The van der Waals surface area contributed by atoms with Crippen LogP contribution < -0.4 is 5.32 Å². The predicted octanol–water partition coefficient (Wildman–Crippen LogP) is 1.02. The molecule has 0 aromatic rings. The Morgan fingerprint density at radius 3 is 2.62 bits per heavy atom. The molecule has 0 aromatic heterocycles. The van der Waals surface area contributed by atoms with Gasteiger partial charge in [-0.25, -0.2) is 0 Å². The van der Waals surface area contributed by atoms with Crippen molar-refractivity contribution in [2.24, 2.45) is 0 Å². The van der Waals surface area contributed by atoms with Crippen molar-refractivity contribution in [1.29, 1.82) is 0 Å². The smallest absolute Gasteiger partial charge is 0.246 e. The Kier molecular flexibility index (Phi) is 6.24. The Bertz CT molecular complexity index is 178. The maximum absolute atomic E-state index is 11.0. The number of nitrogens with zero attached hydrogens (tertiary/aromatic N) is 1. The highest BCUT2D eigenvalue weighted by atomic mass is 16.1. The van der Waals surface area contributed by atoms with Crippen molar-refractivity contribution >= 4 is 5.91 Å². The van der Waals surface area contributed by atoms with E-state index in [9.17, 15) is 4.79 Å². The summed E-state index contributed by atoms with van der Waals surface area (Å²) in [6, 6.07) is 0. The summed E-state index contributed by atoms with van der Waals surface area (Å²) in [5.41, 5.74) is 0.573. The molecular formula is C10H20N2O. The molecule has 0 bridgehead atoms. The topological polar surface area (TPSA) is 32.3 Å². The molecule has 13 heavy (non-hydrogen) atoms. The van der Waals surface area contributed by atoms with E-state index in [4.69, 9.17) is 0 Å². The SMILES string of the molecule is C=C(C)C(=O)NCCCN(C)CC. The lowest BCUT2D eigenvalue weighted by Gasteiger charge is -2.13. The molecule has 1 amide bonds. The van der Waals surface area contributed by atoms with Crippen LogP contribution in [0.2, 0.25) is 0 Å². The number of nitrogens with one attached hydrogen (secondary N) is 1. The van der Waals surface area contributed by atoms with Gasteiger partial charge in [0.15, 0.2) is 0 Å². The number of hydrogen-bond acceptors (Lipinski definition) is 2. The first kappa shape index (κ1) is 12.2. The molecule has 0 atom stereocenters. The summed E-state index contributed by atoms with van der Waals surface area (Å²) in [5.74, 6) is -0.0425. The Morgan fingerprint density at radius 1 is 1.54 bits per heavy atom. The van der Waals surface area contributed by atoms with Crippen LogP contribution in [-0.4, -0.2) is 37.5 Å². The van der Waals surface area contributed by atoms with Crippen LogP contribution in [0.3, 0.4) is 0 Å². The molecule has 0 spiro atoms. The van der Waals surface area contributed by atoms with E-state index in [2.05, 4.69) is 30.8 Å². The van der Waals surface area contributed by atoms with Crippen LogP contribution in [0.1, 0.15) is 20.3 Å². The van der Waals surface area contributed by atoms with Crippen LogP contribution in [0, 0.1) is 0 Å².